The fourth-order valence-electron chi connectivity index (χ4n) is 1.62. The summed E-state index contributed by atoms with van der Waals surface area (Å²) in [6.45, 7) is 0. The molecule has 3 heterocycles. The molecule has 5 nitrogen and oxygen atoms in total. The van der Waals surface area contributed by atoms with E-state index in [4.69, 9.17) is 4.42 Å². The van der Waals surface area contributed by atoms with Gasteiger partial charge in [-0.25, -0.2) is 9.67 Å². The molecule has 0 saturated carbocycles. The predicted octanol–water partition coefficient (Wildman–Crippen LogP) is 1.82. The van der Waals surface area contributed by atoms with Crippen LogP contribution in [0.2, 0.25) is 0 Å². The van der Waals surface area contributed by atoms with E-state index in [-0.39, 0.29) is 5.56 Å². The summed E-state index contributed by atoms with van der Waals surface area (Å²) in [5.41, 5.74) is 1.38. The second kappa shape index (κ2) is 3.79. The molecule has 0 amide bonds. The second-order valence-electron chi connectivity index (χ2n) is 3.54. The molecule has 5 heteroatoms. The summed E-state index contributed by atoms with van der Waals surface area (Å²) < 4.78 is 6.37. The fourth-order valence-corrected chi connectivity index (χ4v) is 1.62. The molecule has 0 radical (unpaired) electrons. The first-order chi connectivity index (χ1) is 8.34. The van der Waals surface area contributed by atoms with Crippen LogP contribution in [0.5, 0.6) is 0 Å². The zero-order chi connectivity index (χ0) is 11.7. The first kappa shape index (κ1) is 9.65. The molecule has 0 spiro atoms. The van der Waals surface area contributed by atoms with Crippen LogP contribution in [-0.2, 0) is 0 Å². The number of aromatic nitrogens is 3. The van der Waals surface area contributed by atoms with E-state index in [0.717, 1.165) is 5.56 Å². The maximum absolute atomic E-state index is 11.8. The average molecular weight is 227 g/mol. The first-order valence-electron chi connectivity index (χ1n) is 5.10. The van der Waals surface area contributed by atoms with Crippen molar-refractivity contribution in [2.45, 2.75) is 0 Å². The number of aromatic amines is 1. The Morgan fingerprint density at radius 1 is 1.29 bits per heavy atom. The van der Waals surface area contributed by atoms with E-state index >= 15 is 0 Å². The van der Waals surface area contributed by atoms with Gasteiger partial charge in [-0.3, -0.25) is 9.89 Å². The summed E-state index contributed by atoms with van der Waals surface area (Å²) >= 11 is 0. The zero-order valence-electron chi connectivity index (χ0n) is 8.83. The number of rotatable bonds is 2. The van der Waals surface area contributed by atoms with Crippen LogP contribution < -0.4 is 5.56 Å². The number of H-pyrrole nitrogens is 1. The van der Waals surface area contributed by atoms with E-state index in [1.807, 2.05) is 6.07 Å². The van der Waals surface area contributed by atoms with Crippen molar-refractivity contribution in [1.29, 1.82) is 0 Å². The Balaban J connectivity index is 2.12. The lowest BCUT2D eigenvalue weighted by atomic mass is 10.2. The molecule has 0 unspecified atom stereocenters. The van der Waals surface area contributed by atoms with Gasteiger partial charge in [-0.2, -0.15) is 0 Å². The molecule has 0 atom stereocenters. The van der Waals surface area contributed by atoms with Gasteiger partial charge in [0.1, 0.15) is 0 Å². The fraction of sp³-hybridized carbons (Fsp3) is 0. The van der Waals surface area contributed by atoms with E-state index in [1.165, 1.54) is 10.7 Å². The van der Waals surface area contributed by atoms with E-state index in [9.17, 15) is 4.79 Å². The SMILES string of the molecule is O=c1cc(-c2ccoc2)[nH]n1-c1ccccn1. The Hall–Kier alpha value is -2.56. The molecule has 84 valence electrons. The molecule has 17 heavy (non-hydrogen) atoms. The van der Waals surface area contributed by atoms with Gasteiger partial charge >= 0.3 is 0 Å². The molecule has 0 saturated heterocycles. The number of nitrogens with one attached hydrogen (secondary N) is 1. The molecule has 0 bridgehead atoms. The zero-order valence-corrected chi connectivity index (χ0v) is 8.83. The van der Waals surface area contributed by atoms with Crippen LogP contribution in [0.15, 0.2) is 58.3 Å². The monoisotopic (exact) mass is 227 g/mol. The third-order valence-electron chi connectivity index (χ3n) is 2.43. The van der Waals surface area contributed by atoms with Crippen LogP contribution in [0.4, 0.5) is 0 Å². The standard InChI is InChI=1S/C12H9N3O2/c16-12-7-10(9-4-6-17-8-9)14-15(12)11-3-1-2-5-13-11/h1-8,14H. The van der Waals surface area contributed by atoms with Crippen molar-refractivity contribution < 1.29 is 4.42 Å². The Bertz CT molecular complexity index is 665. The number of furan rings is 1. The number of hydrogen-bond donors (Lipinski definition) is 1. The van der Waals surface area contributed by atoms with Crippen molar-refractivity contribution in [3.63, 3.8) is 0 Å². The van der Waals surface area contributed by atoms with Crippen LogP contribution in [-0.4, -0.2) is 14.8 Å². The molecular formula is C12H9N3O2. The van der Waals surface area contributed by atoms with Gasteiger partial charge in [-0.15, -0.1) is 0 Å². The highest BCUT2D eigenvalue weighted by Crippen LogP contribution is 2.15. The van der Waals surface area contributed by atoms with Gasteiger partial charge in [-0.1, -0.05) is 6.07 Å². The molecule has 0 aromatic carbocycles. The van der Waals surface area contributed by atoms with Gasteiger partial charge in [0.15, 0.2) is 5.82 Å². The quantitative estimate of drug-likeness (QED) is 0.726. The van der Waals surface area contributed by atoms with Crippen LogP contribution >= 0.6 is 0 Å². The lowest BCUT2D eigenvalue weighted by Crippen LogP contribution is -2.14. The van der Waals surface area contributed by atoms with E-state index in [0.29, 0.717) is 11.5 Å². The van der Waals surface area contributed by atoms with E-state index < -0.39 is 0 Å². The van der Waals surface area contributed by atoms with Crippen molar-refractivity contribution >= 4 is 0 Å². The summed E-state index contributed by atoms with van der Waals surface area (Å²) in [5, 5.41) is 2.98. The Morgan fingerprint density at radius 2 is 2.24 bits per heavy atom. The van der Waals surface area contributed by atoms with Gasteiger partial charge in [0.25, 0.3) is 5.56 Å². The highest BCUT2D eigenvalue weighted by molar-refractivity contribution is 5.56. The van der Waals surface area contributed by atoms with Crippen molar-refractivity contribution in [1.82, 2.24) is 14.8 Å². The molecule has 0 aliphatic rings. The summed E-state index contributed by atoms with van der Waals surface area (Å²) in [4.78, 5) is 15.9. The number of hydrogen-bond acceptors (Lipinski definition) is 3. The summed E-state index contributed by atoms with van der Waals surface area (Å²) in [6, 6.07) is 8.69. The summed E-state index contributed by atoms with van der Waals surface area (Å²) in [7, 11) is 0. The molecule has 3 aromatic heterocycles. The van der Waals surface area contributed by atoms with Crippen molar-refractivity contribution in [3.05, 3.63) is 59.4 Å². The molecule has 0 fully saturated rings. The molecule has 0 aliphatic heterocycles. The van der Waals surface area contributed by atoms with Crippen molar-refractivity contribution in [2.75, 3.05) is 0 Å². The van der Waals surface area contributed by atoms with Crippen molar-refractivity contribution in [2.24, 2.45) is 0 Å². The molecule has 1 N–H and O–H groups in total. The Morgan fingerprint density at radius 3 is 2.94 bits per heavy atom. The van der Waals surface area contributed by atoms with Gasteiger partial charge in [0.2, 0.25) is 0 Å². The molecule has 3 aromatic rings. The third-order valence-corrected chi connectivity index (χ3v) is 2.43. The second-order valence-corrected chi connectivity index (χ2v) is 3.54. The highest BCUT2D eigenvalue weighted by atomic mass is 16.3. The molecular weight excluding hydrogens is 218 g/mol. The van der Waals surface area contributed by atoms with Gasteiger partial charge in [0, 0.05) is 17.8 Å². The lowest BCUT2D eigenvalue weighted by molar-refractivity contribution is 0.568. The highest BCUT2D eigenvalue weighted by Gasteiger charge is 2.07. The van der Waals surface area contributed by atoms with Crippen LogP contribution in [0.3, 0.4) is 0 Å². The normalized spacial score (nSPS) is 10.6. The maximum Gasteiger partial charge on any atom is 0.273 e. The van der Waals surface area contributed by atoms with Gasteiger partial charge < -0.3 is 4.42 Å². The summed E-state index contributed by atoms with van der Waals surface area (Å²) in [5.74, 6) is 0.562. The topological polar surface area (TPSA) is 63.8 Å². The number of nitrogens with zero attached hydrogens (tertiary/aromatic N) is 2. The smallest absolute Gasteiger partial charge is 0.273 e. The van der Waals surface area contributed by atoms with Crippen LogP contribution in [0, 0.1) is 0 Å². The van der Waals surface area contributed by atoms with Crippen LogP contribution in [0.25, 0.3) is 17.1 Å². The largest absolute Gasteiger partial charge is 0.472 e. The Kier molecular flexibility index (Phi) is 2.15. The maximum atomic E-state index is 11.8. The lowest BCUT2D eigenvalue weighted by Gasteiger charge is -1.98. The average Bonchev–Trinajstić information content (AvgIpc) is 2.99. The van der Waals surface area contributed by atoms with Gasteiger partial charge in [0.05, 0.1) is 18.2 Å². The first-order valence-corrected chi connectivity index (χ1v) is 5.10. The minimum Gasteiger partial charge on any atom is -0.472 e. The summed E-state index contributed by atoms with van der Waals surface area (Å²) in [6.07, 6.45) is 4.78. The van der Waals surface area contributed by atoms with E-state index in [1.54, 1.807) is 36.9 Å². The van der Waals surface area contributed by atoms with Crippen molar-refractivity contribution in [3.8, 4) is 17.1 Å². The van der Waals surface area contributed by atoms with Crippen LogP contribution in [0.1, 0.15) is 0 Å². The molecule has 3 rings (SSSR count). The molecule has 0 aliphatic carbocycles. The minimum atomic E-state index is -0.153. The third kappa shape index (κ3) is 1.67. The predicted molar refractivity (Wildman–Crippen MR) is 61.9 cm³/mol. The Labute approximate surface area is 96.3 Å². The van der Waals surface area contributed by atoms with E-state index in [2.05, 4.69) is 10.1 Å². The number of pyridine rings is 1. The minimum absolute atomic E-state index is 0.153. The van der Waals surface area contributed by atoms with Gasteiger partial charge in [-0.05, 0) is 18.2 Å².